The second-order valence-electron chi connectivity index (χ2n) is 9.16. The fourth-order valence-corrected chi connectivity index (χ4v) is 4.17. The highest BCUT2D eigenvalue weighted by Gasteiger charge is 2.34. The summed E-state index contributed by atoms with van der Waals surface area (Å²) in [6.45, 7) is 1.04. The SMILES string of the molecule is O=COCOC(=O)c1ccc2c(c1)nc(OCCOCCCCNCc1cc(F)c(OC(F)(F)F)c(F)c1)c1ccncc12. The summed E-state index contributed by atoms with van der Waals surface area (Å²) in [4.78, 5) is 31.2. The summed E-state index contributed by atoms with van der Waals surface area (Å²) in [5.74, 6) is -4.73. The van der Waals surface area contributed by atoms with Gasteiger partial charge in [0.1, 0.15) is 6.61 Å². The maximum absolute atomic E-state index is 13.8. The third-order valence-corrected chi connectivity index (χ3v) is 6.09. The molecule has 0 amide bonds. The van der Waals surface area contributed by atoms with E-state index in [4.69, 9.17) is 14.2 Å². The van der Waals surface area contributed by atoms with Crippen molar-refractivity contribution in [2.24, 2.45) is 0 Å². The van der Waals surface area contributed by atoms with Crippen molar-refractivity contribution >= 4 is 34.1 Å². The zero-order valence-corrected chi connectivity index (χ0v) is 23.0. The molecule has 1 N–H and O–H groups in total. The van der Waals surface area contributed by atoms with Gasteiger partial charge in [-0.3, -0.25) is 9.78 Å². The molecule has 0 unspecified atom stereocenters. The van der Waals surface area contributed by atoms with Crippen LogP contribution in [0.4, 0.5) is 22.0 Å². The Hall–Kier alpha value is -4.63. The highest BCUT2D eigenvalue weighted by atomic mass is 19.4. The van der Waals surface area contributed by atoms with Crippen molar-refractivity contribution in [2.45, 2.75) is 25.7 Å². The van der Waals surface area contributed by atoms with Gasteiger partial charge in [0, 0.05) is 41.7 Å². The number of rotatable bonds is 16. The second-order valence-corrected chi connectivity index (χ2v) is 9.16. The van der Waals surface area contributed by atoms with Gasteiger partial charge in [0.25, 0.3) is 6.47 Å². The number of carbonyl (C=O) groups excluding carboxylic acids is 2. The Bertz CT molecular complexity index is 1580. The number of nitrogens with zero attached hydrogens (tertiary/aromatic N) is 2. The third kappa shape index (κ3) is 8.94. The summed E-state index contributed by atoms with van der Waals surface area (Å²) in [5.41, 5.74) is 0.809. The van der Waals surface area contributed by atoms with E-state index in [2.05, 4.69) is 24.8 Å². The molecule has 0 radical (unpaired) electrons. The summed E-state index contributed by atoms with van der Waals surface area (Å²) in [7, 11) is 0. The predicted molar refractivity (Wildman–Crippen MR) is 145 cm³/mol. The number of hydrogen-bond acceptors (Lipinski definition) is 10. The van der Waals surface area contributed by atoms with E-state index in [0.717, 1.165) is 28.3 Å². The molecule has 0 saturated carbocycles. The molecule has 0 fully saturated rings. The van der Waals surface area contributed by atoms with Crippen molar-refractivity contribution in [3.05, 3.63) is 71.6 Å². The molecule has 0 aliphatic carbocycles. The first-order valence-electron chi connectivity index (χ1n) is 13.2. The maximum atomic E-state index is 13.8. The van der Waals surface area contributed by atoms with Crippen molar-refractivity contribution in [1.29, 1.82) is 0 Å². The van der Waals surface area contributed by atoms with Crippen LogP contribution in [0.3, 0.4) is 0 Å². The van der Waals surface area contributed by atoms with Crippen molar-refractivity contribution in [1.82, 2.24) is 15.3 Å². The topological polar surface area (TPSA) is 118 Å². The minimum absolute atomic E-state index is 0.0499. The van der Waals surface area contributed by atoms with Crippen LogP contribution in [-0.2, 0) is 25.5 Å². The van der Waals surface area contributed by atoms with Crippen molar-refractivity contribution in [2.75, 3.05) is 33.2 Å². The number of pyridine rings is 2. The van der Waals surface area contributed by atoms with E-state index < -0.39 is 36.5 Å². The lowest BCUT2D eigenvalue weighted by atomic mass is 10.1. The summed E-state index contributed by atoms with van der Waals surface area (Å²) in [6.07, 6.45) is -0.604. The van der Waals surface area contributed by atoms with Gasteiger partial charge in [-0.2, -0.15) is 0 Å². The van der Waals surface area contributed by atoms with E-state index in [9.17, 15) is 31.5 Å². The lowest BCUT2D eigenvalue weighted by Crippen LogP contribution is -2.20. The number of carbonyl (C=O) groups is 2. The molecular weight excluding hydrogens is 597 g/mol. The molecule has 0 saturated heterocycles. The molecule has 234 valence electrons. The number of aromatic nitrogens is 2. The molecule has 0 bridgehead atoms. The summed E-state index contributed by atoms with van der Waals surface area (Å²) >= 11 is 0. The first-order valence-corrected chi connectivity index (χ1v) is 13.2. The van der Waals surface area contributed by atoms with Gasteiger partial charge in [0.15, 0.2) is 11.6 Å². The number of unbranched alkanes of at least 4 members (excludes halogenated alkanes) is 1. The highest BCUT2D eigenvalue weighted by molar-refractivity contribution is 6.08. The number of nitrogens with one attached hydrogen (secondary N) is 1. The van der Waals surface area contributed by atoms with Crippen LogP contribution in [0.15, 0.2) is 48.8 Å². The van der Waals surface area contributed by atoms with Crippen LogP contribution in [0.2, 0.25) is 0 Å². The predicted octanol–water partition coefficient (Wildman–Crippen LogP) is 5.21. The number of alkyl halides is 3. The van der Waals surface area contributed by atoms with E-state index in [1.54, 1.807) is 30.6 Å². The van der Waals surface area contributed by atoms with Gasteiger partial charge in [0.05, 0.1) is 17.7 Å². The van der Waals surface area contributed by atoms with Crippen LogP contribution in [0.25, 0.3) is 21.7 Å². The molecule has 0 spiro atoms. The standard InChI is InChI=1S/C29H26F5N3O7/c30-23-11-18(12-24(31)26(23)44-29(32,33)34)14-35-6-1-2-8-40-9-10-42-27-21-5-7-36-15-22(21)20-4-3-19(13-25(20)37-27)28(39)43-17-41-16-38/h3-5,7,11-13,15-16,35H,1-2,6,8-10,14,17H2. The van der Waals surface area contributed by atoms with Crippen molar-refractivity contribution in [3.63, 3.8) is 0 Å². The Morgan fingerprint density at radius 2 is 1.75 bits per heavy atom. The van der Waals surface area contributed by atoms with Gasteiger partial charge in [-0.15, -0.1) is 13.2 Å². The second kappa shape index (κ2) is 15.2. The fraction of sp³-hybridized carbons (Fsp3) is 0.310. The lowest BCUT2D eigenvalue weighted by Gasteiger charge is -2.12. The number of halogens is 5. The van der Waals surface area contributed by atoms with E-state index in [-0.39, 0.29) is 37.4 Å². The van der Waals surface area contributed by atoms with Crippen LogP contribution >= 0.6 is 0 Å². The smallest absolute Gasteiger partial charge is 0.475 e. The average Bonchev–Trinajstić information content (AvgIpc) is 2.99. The maximum Gasteiger partial charge on any atom is 0.573 e. The Morgan fingerprint density at radius 3 is 2.50 bits per heavy atom. The lowest BCUT2D eigenvalue weighted by molar-refractivity contribution is -0.276. The van der Waals surface area contributed by atoms with E-state index >= 15 is 0 Å². The van der Waals surface area contributed by atoms with Crippen LogP contribution in [0, 0.1) is 11.6 Å². The zero-order valence-electron chi connectivity index (χ0n) is 23.0. The summed E-state index contributed by atoms with van der Waals surface area (Å²) in [5, 5.41) is 5.19. The number of hydrogen-bond donors (Lipinski definition) is 1. The van der Waals surface area contributed by atoms with Gasteiger partial charge in [-0.05, 0) is 55.3 Å². The molecule has 0 aliphatic rings. The number of benzene rings is 2. The van der Waals surface area contributed by atoms with Crippen LogP contribution in [0.1, 0.15) is 28.8 Å². The van der Waals surface area contributed by atoms with E-state index in [1.165, 1.54) is 6.07 Å². The summed E-state index contributed by atoms with van der Waals surface area (Å²) in [6, 6.07) is 8.14. The molecular formula is C29H26F5N3O7. The van der Waals surface area contributed by atoms with Crippen LogP contribution in [-0.4, -0.2) is 61.9 Å². The van der Waals surface area contributed by atoms with E-state index in [0.29, 0.717) is 37.4 Å². The Kier molecular flexibility index (Phi) is 11.2. The number of esters is 1. The third-order valence-electron chi connectivity index (χ3n) is 6.09. The highest BCUT2D eigenvalue weighted by Crippen LogP contribution is 2.31. The Labute approximate surface area is 247 Å². The first kappa shape index (κ1) is 32.3. The molecule has 0 atom stereocenters. The van der Waals surface area contributed by atoms with Crippen LogP contribution in [0.5, 0.6) is 11.6 Å². The number of ether oxygens (including phenoxy) is 5. The molecule has 10 nitrogen and oxygen atoms in total. The minimum atomic E-state index is -5.20. The largest absolute Gasteiger partial charge is 0.573 e. The van der Waals surface area contributed by atoms with Gasteiger partial charge in [-0.1, -0.05) is 6.07 Å². The van der Waals surface area contributed by atoms with E-state index in [1.807, 2.05) is 0 Å². The first-order chi connectivity index (χ1) is 21.2. The molecule has 2 aromatic carbocycles. The van der Waals surface area contributed by atoms with Gasteiger partial charge < -0.3 is 29.0 Å². The average molecular weight is 624 g/mol. The van der Waals surface area contributed by atoms with Gasteiger partial charge >= 0.3 is 12.3 Å². The quantitative estimate of drug-likeness (QED) is 0.0445. The van der Waals surface area contributed by atoms with Crippen molar-refractivity contribution < 1.29 is 55.2 Å². The molecule has 4 rings (SSSR count). The summed E-state index contributed by atoms with van der Waals surface area (Å²) < 4.78 is 88.5. The fourth-order valence-electron chi connectivity index (χ4n) is 4.17. The molecule has 0 aliphatic heterocycles. The van der Waals surface area contributed by atoms with Crippen molar-refractivity contribution in [3.8, 4) is 11.6 Å². The Balaban J connectivity index is 1.21. The molecule has 4 aromatic rings. The normalized spacial score (nSPS) is 11.5. The zero-order chi connectivity index (χ0) is 31.5. The minimum Gasteiger partial charge on any atom is -0.475 e. The molecule has 2 heterocycles. The van der Waals surface area contributed by atoms with Gasteiger partial charge in [0.2, 0.25) is 18.4 Å². The molecule has 44 heavy (non-hydrogen) atoms. The van der Waals surface area contributed by atoms with Crippen LogP contribution < -0.4 is 14.8 Å². The monoisotopic (exact) mass is 623 g/mol. The molecule has 15 heteroatoms. The number of fused-ring (bicyclic) bond motifs is 3. The van der Waals surface area contributed by atoms with Gasteiger partial charge in [-0.25, -0.2) is 18.6 Å². The molecule has 2 aromatic heterocycles. The Morgan fingerprint density at radius 1 is 0.955 bits per heavy atom.